The zero-order valence-electron chi connectivity index (χ0n) is 19.0. The minimum absolute atomic E-state index is 0.0688. The van der Waals surface area contributed by atoms with Crippen LogP contribution in [0.2, 0.25) is 0 Å². The number of benzene rings is 2. The Kier molecular flexibility index (Phi) is 8.31. The van der Waals surface area contributed by atoms with Crippen LogP contribution in [0.5, 0.6) is 0 Å². The van der Waals surface area contributed by atoms with Gasteiger partial charge in [-0.1, -0.05) is 31.5 Å². The number of nitrogens with two attached hydrogens (primary N) is 1. The van der Waals surface area contributed by atoms with Gasteiger partial charge in [0.15, 0.2) is 0 Å². The molecule has 0 aliphatic heterocycles. The van der Waals surface area contributed by atoms with E-state index in [4.69, 9.17) is 5.73 Å². The second-order valence-electron chi connectivity index (χ2n) is 7.87. The summed E-state index contributed by atoms with van der Waals surface area (Å²) in [6, 6.07) is 8.04. The zero-order chi connectivity index (χ0) is 26.5. The number of halogens is 5. The van der Waals surface area contributed by atoms with Gasteiger partial charge in [-0.05, 0) is 53.1 Å². The molecule has 3 rings (SSSR count). The van der Waals surface area contributed by atoms with Crippen LogP contribution in [0.25, 0.3) is 11.1 Å². The summed E-state index contributed by atoms with van der Waals surface area (Å²) in [6.07, 6.45) is -4.67. The van der Waals surface area contributed by atoms with E-state index in [0.29, 0.717) is 24.0 Å². The standard InChI is InChI=1S/C24H23F5N4O2S/c1-2-4-20(30)33-21(34)23(25,26)15-7-8-18(14-9-10-36-13-14)19(12-15)32-22(35)31-17-6-3-5-16(11-17)24(27,28)29/h3,5-13,20H,2,4,30H2,1H3,(H,33,34)(H2,31,32,35). The number of amides is 3. The van der Waals surface area contributed by atoms with Gasteiger partial charge in [0.2, 0.25) is 0 Å². The largest absolute Gasteiger partial charge is 0.416 e. The van der Waals surface area contributed by atoms with Gasteiger partial charge in [-0.2, -0.15) is 33.3 Å². The first-order chi connectivity index (χ1) is 16.9. The van der Waals surface area contributed by atoms with E-state index in [2.05, 4.69) is 16.0 Å². The molecule has 6 nitrogen and oxygen atoms in total. The molecular formula is C24H23F5N4O2S. The number of anilines is 2. The van der Waals surface area contributed by atoms with Crippen LogP contribution in [-0.2, 0) is 16.9 Å². The number of thiophene rings is 1. The summed E-state index contributed by atoms with van der Waals surface area (Å²) in [7, 11) is 0. The van der Waals surface area contributed by atoms with Gasteiger partial charge in [0, 0.05) is 16.8 Å². The second kappa shape index (κ2) is 11.0. The van der Waals surface area contributed by atoms with Crippen molar-refractivity contribution in [2.75, 3.05) is 10.6 Å². The third-order valence-electron chi connectivity index (χ3n) is 5.11. The highest BCUT2D eigenvalue weighted by Crippen LogP contribution is 2.36. The van der Waals surface area contributed by atoms with E-state index in [9.17, 15) is 31.5 Å². The minimum atomic E-state index is -4.61. The van der Waals surface area contributed by atoms with Crippen LogP contribution in [0.1, 0.15) is 30.9 Å². The number of hydrogen-bond donors (Lipinski definition) is 4. The molecule has 0 fully saturated rings. The Balaban J connectivity index is 1.89. The lowest BCUT2D eigenvalue weighted by atomic mass is 10.00. The summed E-state index contributed by atoms with van der Waals surface area (Å²) in [5.41, 5.74) is 4.76. The number of carbonyl (C=O) groups excluding carboxylic acids is 2. The lowest BCUT2D eigenvalue weighted by Gasteiger charge is -2.21. The van der Waals surface area contributed by atoms with Gasteiger partial charge in [0.05, 0.1) is 17.4 Å². The first-order valence-corrected chi connectivity index (χ1v) is 11.7. The fourth-order valence-corrected chi connectivity index (χ4v) is 4.00. The molecule has 3 amide bonds. The summed E-state index contributed by atoms with van der Waals surface area (Å²) in [5, 5.41) is 10.2. The van der Waals surface area contributed by atoms with E-state index < -0.39 is 41.3 Å². The van der Waals surface area contributed by atoms with E-state index in [0.717, 1.165) is 30.3 Å². The summed E-state index contributed by atoms with van der Waals surface area (Å²) in [6.45, 7) is 1.79. The molecule has 1 heterocycles. The Morgan fingerprint density at radius 2 is 1.75 bits per heavy atom. The number of carbonyl (C=O) groups is 2. The fraction of sp³-hybridized carbons (Fsp3) is 0.250. The van der Waals surface area contributed by atoms with Crippen molar-refractivity contribution in [3.05, 3.63) is 70.4 Å². The number of nitrogens with one attached hydrogen (secondary N) is 3. The molecule has 2 aromatic carbocycles. The Labute approximate surface area is 207 Å². The first kappa shape index (κ1) is 27.1. The maximum absolute atomic E-state index is 14.9. The number of alkyl halides is 5. The van der Waals surface area contributed by atoms with Gasteiger partial charge in [-0.3, -0.25) is 4.79 Å². The van der Waals surface area contributed by atoms with Crippen LogP contribution < -0.4 is 21.7 Å². The smallest absolute Gasteiger partial charge is 0.335 e. The predicted octanol–water partition coefficient (Wildman–Crippen LogP) is 6.37. The Bertz CT molecular complexity index is 1220. The molecule has 0 aliphatic carbocycles. The molecule has 1 aromatic heterocycles. The quantitative estimate of drug-likeness (QED) is 0.203. The van der Waals surface area contributed by atoms with Crippen LogP contribution in [-0.4, -0.2) is 18.1 Å². The molecule has 36 heavy (non-hydrogen) atoms. The van der Waals surface area contributed by atoms with Gasteiger partial charge in [-0.15, -0.1) is 0 Å². The molecule has 0 saturated heterocycles. The molecule has 1 atom stereocenters. The SMILES string of the molecule is CCCC(N)NC(=O)C(F)(F)c1ccc(-c2ccsc2)c(NC(=O)Nc2cccc(C(F)(F)F)c2)c1. The molecule has 0 saturated carbocycles. The van der Waals surface area contributed by atoms with Crippen molar-refractivity contribution >= 4 is 34.6 Å². The second-order valence-corrected chi connectivity index (χ2v) is 8.65. The summed E-state index contributed by atoms with van der Waals surface area (Å²) < 4.78 is 68.8. The Hall–Kier alpha value is -3.51. The highest BCUT2D eigenvalue weighted by molar-refractivity contribution is 7.08. The van der Waals surface area contributed by atoms with Crippen LogP contribution in [0.15, 0.2) is 59.3 Å². The molecule has 0 radical (unpaired) electrons. The van der Waals surface area contributed by atoms with E-state index in [1.54, 1.807) is 23.8 Å². The predicted molar refractivity (Wildman–Crippen MR) is 129 cm³/mol. The van der Waals surface area contributed by atoms with Crippen molar-refractivity contribution in [3.8, 4) is 11.1 Å². The molecule has 0 bridgehead atoms. The van der Waals surface area contributed by atoms with E-state index in [-0.39, 0.29) is 11.4 Å². The van der Waals surface area contributed by atoms with Gasteiger partial charge in [0.25, 0.3) is 5.91 Å². The highest BCUT2D eigenvalue weighted by atomic mass is 32.1. The first-order valence-electron chi connectivity index (χ1n) is 10.8. The highest BCUT2D eigenvalue weighted by Gasteiger charge is 2.42. The van der Waals surface area contributed by atoms with Crippen LogP contribution in [0.3, 0.4) is 0 Å². The molecular weight excluding hydrogens is 503 g/mol. The molecule has 3 aromatic rings. The normalized spacial score (nSPS) is 12.6. The third kappa shape index (κ3) is 6.58. The summed E-state index contributed by atoms with van der Waals surface area (Å²) in [4.78, 5) is 24.8. The minimum Gasteiger partial charge on any atom is -0.335 e. The fourth-order valence-electron chi connectivity index (χ4n) is 3.34. The number of urea groups is 1. The number of hydrogen-bond acceptors (Lipinski definition) is 4. The number of rotatable bonds is 8. The van der Waals surface area contributed by atoms with E-state index in [1.807, 2.05) is 0 Å². The van der Waals surface area contributed by atoms with Crippen molar-refractivity contribution in [2.24, 2.45) is 5.73 Å². The van der Waals surface area contributed by atoms with Crippen LogP contribution >= 0.6 is 11.3 Å². The van der Waals surface area contributed by atoms with Gasteiger partial charge in [-0.25, -0.2) is 4.79 Å². The van der Waals surface area contributed by atoms with Gasteiger partial charge < -0.3 is 21.7 Å². The lowest BCUT2D eigenvalue weighted by molar-refractivity contribution is -0.147. The van der Waals surface area contributed by atoms with Crippen molar-refractivity contribution in [1.29, 1.82) is 0 Å². The lowest BCUT2D eigenvalue weighted by Crippen LogP contribution is -2.47. The molecule has 5 N–H and O–H groups in total. The van der Waals surface area contributed by atoms with Crippen molar-refractivity contribution in [2.45, 2.75) is 38.0 Å². The van der Waals surface area contributed by atoms with E-state index in [1.165, 1.54) is 23.5 Å². The van der Waals surface area contributed by atoms with Gasteiger partial charge >= 0.3 is 18.1 Å². The monoisotopic (exact) mass is 526 g/mol. The zero-order valence-corrected chi connectivity index (χ0v) is 19.8. The van der Waals surface area contributed by atoms with Crippen LogP contribution in [0, 0.1) is 0 Å². The van der Waals surface area contributed by atoms with Gasteiger partial charge in [0.1, 0.15) is 0 Å². The summed E-state index contributed by atoms with van der Waals surface area (Å²) in [5.74, 6) is -5.56. The molecule has 192 valence electrons. The van der Waals surface area contributed by atoms with Crippen molar-refractivity contribution in [1.82, 2.24) is 5.32 Å². The average molecular weight is 527 g/mol. The topological polar surface area (TPSA) is 96.2 Å². The van der Waals surface area contributed by atoms with Crippen molar-refractivity contribution in [3.63, 3.8) is 0 Å². The Morgan fingerprint density at radius 3 is 2.39 bits per heavy atom. The van der Waals surface area contributed by atoms with E-state index >= 15 is 0 Å². The average Bonchev–Trinajstić information content (AvgIpc) is 3.33. The van der Waals surface area contributed by atoms with Crippen molar-refractivity contribution < 1.29 is 31.5 Å². The third-order valence-corrected chi connectivity index (χ3v) is 5.79. The molecule has 1 unspecified atom stereocenters. The summed E-state index contributed by atoms with van der Waals surface area (Å²) >= 11 is 1.33. The maximum Gasteiger partial charge on any atom is 0.416 e. The van der Waals surface area contributed by atoms with Crippen LogP contribution in [0.4, 0.5) is 38.1 Å². The molecule has 0 spiro atoms. The Morgan fingerprint density at radius 1 is 1.00 bits per heavy atom. The maximum atomic E-state index is 14.9. The molecule has 12 heteroatoms. The molecule has 0 aliphatic rings.